The van der Waals surface area contributed by atoms with Crippen molar-refractivity contribution in [3.8, 4) is 0 Å². The Bertz CT molecular complexity index is 486. The van der Waals surface area contributed by atoms with Crippen molar-refractivity contribution < 1.29 is 13.7 Å². The largest absolute Gasteiger partial charge is 0.524 e. The topological polar surface area (TPSA) is 36.3 Å². The Labute approximate surface area is 126 Å². The molecule has 1 fully saturated rings. The van der Waals surface area contributed by atoms with Gasteiger partial charge >= 0.3 is 7.12 Å². The standard InChI is InChI=1S/C12H17BFIN2O2/c1-11(2)12(3,4)19-13(18-11)10(14)5-6-17-8-9(15)7-16-17/h5,7-8H,6H2,1-4H3. The van der Waals surface area contributed by atoms with E-state index in [1.165, 1.54) is 6.08 Å². The van der Waals surface area contributed by atoms with Crippen LogP contribution < -0.4 is 0 Å². The van der Waals surface area contributed by atoms with E-state index in [0.717, 1.165) is 3.57 Å². The Hall–Kier alpha value is -0.405. The lowest BCUT2D eigenvalue weighted by Crippen LogP contribution is -2.41. The van der Waals surface area contributed by atoms with Crippen LogP contribution in [0.1, 0.15) is 27.7 Å². The maximum Gasteiger partial charge on any atom is 0.524 e. The van der Waals surface area contributed by atoms with E-state index in [1.807, 2.05) is 33.9 Å². The van der Waals surface area contributed by atoms with E-state index < -0.39 is 24.0 Å². The predicted octanol–water partition coefficient (Wildman–Crippen LogP) is 2.97. The lowest BCUT2D eigenvalue weighted by molar-refractivity contribution is 0.00578. The maximum absolute atomic E-state index is 14.1. The first-order valence-corrected chi connectivity index (χ1v) is 7.18. The average Bonchev–Trinajstić information content (AvgIpc) is 2.78. The minimum Gasteiger partial charge on any atom is -0.398 e. The van der Waals surface area contributed by atoms with Crippen molar-refractivity contribution in [2.45, 2.75) is 45.4 Å². The monoisotopic (exact) mass is 378 g/mol. The second-order valence-electron chi connectivity index (χ2n) is 5.56. The molecule has 4 nitrogen and oxygen atoms in total. The van der Waals surface area contributed by atoms with Gasteiger partial charge in [-0.2, -0.15) is 5.10 Å². The summed E-state index contributed by atoms with van der Waals surface area (Å²) in [6.45, 7) is 7.96. The third-order valence-corrected chi connectivity index (χ3v) is 4.11. The maximum atomic E-state index is 14.1. The molecular weight excluding hydrogens is 361 g/mol. The molecule has 0 saturated carbocycles. The van der Waals surface area contributed by atoms with Crippen molar-refractivity contribution in [3.05, 3.63) is 27.8 Å². The minimum atomic E-state index is -0.931. The summed E-state index contributed by atoms with van der Waals surface area (Å²) in [4.78, 5) is 0. The van der Waals surface area contributed by atoms with Gasteiger partial charge in [-0.25, -0.2) is 4.39 Å². The van der Waals surface area contributed by atoms with Gasteiger partial charge in [-0.15, -0.1) is 0 Å². The molecule has 1 aromatic rings. The molecule has 104 valence electrons. The Balaban J connectivity index is 2.03. The molecule has 0 unspecified atom stereocenters. The zero-order valence-corrected chi connectivity index (χ0v) is 13.6. The molecule has 1 aliphatic heterocycles. The van der Waals surface area contributed by atoms with Gasteiger partial charge in [0.25, 0.3) is 0 Å². The van der Waals surface area contributed by atoms with Crippen LogP contribution in [0.3, 0.4) is 0 Å². The van der Waals surface area contributed by atoms with Crippen LogP contribution in [0.4, 0.5) is 4.39 Å². The van der Waals surface area contributed by atoms with Gasteiger partial charge in [-0.3, -0.25) is 4.68 Å². The molecule has 1 aliphatic rings. The minimum absolute atomic E-state index is 0.360. The summed E-state index contributed by atoms with van der Waals surface area (Å²) in [5.41, 5.74) is -1.46. The highest BCUT2D eigenvalue weighted by atomic mass is 127. The number of halogens is 2. The van der Waals surface area contributed by atoms with Crippen LogP contribution in [0, 0.1) is 3.57 Å². The van der Waals surface area contributed by atoms with Crippen LogP contribution in [-0.2, 0) is 15.9 Å². The number of aromatic nitrogens is 2. The molecule has 0 aromatic carbocycles. The highest BCUT2D eigenvalue weighted by Crippen LogP contribution is 2.38. The lowest BCUT2D eigenvalue weighted by atomic mass is 9.88. The second kappa shape index (κ2) is 5.18. The Morgan fingerprint density at radius 2 is 2.00 bits per heavy atom. The van der Waals surface area contributed by atoms with Gasteiger partial charge in [0.15, 0.2) is 0 Å². The predicted molar refractivity (Wildman–Crippen MR) is 80.2 cm³/mol. The third kappa shape index (κ3) is 3.20. The Morgan fingerprint density at radius 3 is 2.47 bits per heavy atom. The van der Waals surface area contributed by atoms with Gasteiger partial charge in [-0.1, -0.05) is 0 Å². The summed E-state index contributed by atoms with van der Waals surface area (Å²) in [5, 5.41) is 4.09. The smallest absolute Gasteiger partial charge is 0.398 e. The highest BCUT2D eigenvalue weighted by molar-refractivity contribution is 14.1. The number of hydrogen-bond acceptors (Lipinski definition) is 3. The van der Waals surface area contributed by atoms with E-state index in [9.17, 15) is 4.39 Å². The number of hydrogen-bond donors (Lipinski definition) is 0. The van der Waals surface area contributed by atoms with Gasteiger partial charge in [-0.05, 0) is 56.4 Å². The van der Waals surface area contributed by atoms with Gasteiger partial charge in [0.2, 0.25) is 0 Å². The first kappa shape index (κ1) is 15.0. The number of nitrogens with zero attached hydrogens (tertiary/aromatic N) is 2. The molecule has 0 spiro atoms. The van der Waals surface area contributed by atoms with E-state index in [-0.39, 0.29) is 0 Å². The van der Waals surface area contributed by atoms with Gasteiger partial charge < -0.3 is 9.31 Å². The van der Waals surface area contributed by atoms with Crippen molar-refractivity contribution in [1.29, 1.82) is 0 Å². The first-order valence-electron chi connectivity index (χ1n) is 6.10. The van der Waals surface area contributed by atoms with Crippen LogP contribution >= 0.6 is 22.6 Å². The number of rotatable bonds is 3. The van der Waals surface area contributed by atoms with Gasteiger partial charge in [0.05, 0.1) is 27.5 Å². The summed E-state index contributed by atoms with van der Waals surface area (Å²) >= 11 is 2.16. The fourth-order valence-corrected chi connectivity index (χ4v) is 2.12. The van der Waals surface area contributed by atoms with Crippen molar-refractivity contribution >= 4 is 29.7 Å². The van der Waals surface area contributed by atoms with Crippen molar-refractivity contribution in [2.24, 2.45) is 0 Å². The van der Waals surface area contributed by atoms with E-state index in [4.69, 9.17) is 9.31 Å². The summed E-state index contributed by atoms with van der Waals surface area (Å²) in [6, 6.07) is 0. The van der Waals surface area contributed by atoms with E-state index in [2.05, 4.69) is 27.7 Å². The molecule has 0 bridgehead atoms. The van der Waals surface area contributed by atoms with Gasteiger partial charge in [0, 0.05) is 6.20 Å². The molecule has 2 heterocycles. The molecule has 0 atom stereocenters. The highest BCUT2D eigenvalue weighted by Gasteiger charge is 2.52. The molecule has 0 aliphatic carbocycles. The van der Waals surface area contributed by atoms with Crippen LogP contribution in [-0.4, -0.2) is 28.1 Å². The van der Waals surface area contributed by atoms with Crippen LogP contribution in [0.2, 0.25) is 0 Å². The summed E-state index contributed by atoms with van der Waals surface area (Å²) in [5.74, 6) is 0. The van der Waals surface area contributed by atoms with Crippen LogP contribution in [0.15, 0.2) is 24.2 Å². The third-order valence-electron chi connectivity index (χ3n) is 3.55. The Morgan fingerprint density at radius 1 is 1.42 bits per heavy atom. The fourth-order valence-electron chi connectivity index (χ4n) is 1.67. The van der Waals surface area contributed by atoms with E-state index in [1.54, 1.807) is 10.9 Å². The van der Waals surface area contributed by atoms with Crippen molar-refractivity contribution in [1.82, 2.24) is 9.78 Å². The average molecular weight is 378 g/mol. The zero-order chi connectivity index (χ0) is 14.3. The lowest BCUT2D eigenvalue weighted by Gasteiger charge is -2.32. The molecule has 1 aromatic heterocycles. The second-order valence-corrected chi connectivity index (χ2v) is 6.80. The molecule has 7 heteroatoms. The molecule has 2 rings (SSSR count). The van der Waals surface area contributed by atoms with Crippen LogP contribution in [0.5, 0.6) is 0 Å². The molecule has 0 radical (unpaired) electrons. The molecule has 0 amide bonds. The molecular formula is C12H17BFIN2O2. The zero-order valence-electron chi connectivity index (χ0n) is 11.5. The quantitative estimate of drug-likeness (QED) is 0.600. The molecule has 19 heavy (non-hydrogen) atoms. The number of allylic oxidation sites excluding steroid dienone is 1. The van der Waals surface area contributed by atoms with Crippen molar-refractivity contribution in [2.75, 3.05) is 0 Å². The molecule has 0 N–H and O–H groups in total. The van der Waals surface area contributed by atoms with Crippen molar-refractivity contribution in [3.63, 3.8) is 0 Å². The summed E-state index contributed by atoms with van der Waals surface area (Å²) in [6.07, 6.45) is 5.00. The van der Waals surface area contributed by atoms with E-state index >= 15 is 0 Å². The summed E-state index contributed by atoms with van der Waals surface area (Å²) in [7, 11) is -0.931. The normalized spacial score (nSPS) is 22.0. The molecule has 1 saturated heterocycles. The van der Waals surface area contributed by atoms with E-state index in [0.29, 0.717) is 6.54 Å². The van der Waals surface area contributed by atoms with Gasteiger partial charge in [0.1, 0.15) is 5.73 Å². The fraction of sp³-hybridized carbons (Fsp3) is 0.583. The SMILES string of the molecule is CC1(C)OB(C(F)=CCn2cc(I)cn2)OC1(C)C. The van der Waals surface area contributed by atoms with Crippen LogP contribution in [0.25, 0.3) is 0 Å². The Kier molecular flexibility index (Phi) is 4.08. The first-order chi connectivity index (χ1) is 8.71. The summed E-state index contributed by atoms with van der Waals surface area (Å²) < 4.78 is 28.0.